The number of carboxylic acid groups (broad SMARTS) is 2. The molecular formula is C14H22CaO8. The zero-order chi connectivity index (χ0) is 17.8. The number of unbranched alkanes of at least 4 members (excludes halogenated alkanes) is 2. The van der Waals surface area contributed by atoms with Crippen molar-refractivity contribution < 1.29 is 40.2 Å². The van der Waals surface area contributed by atoms with Crippen molar-refractivity contribution >= 4 is 49.7 Å². The quantitative estimate of drug-likeness (QED) is 0.141. The fraction of sp³-hybridized carbons (Fsp3) is 0.571. The van der Waals surface area contributed by atoms with E-state index >= 15 is 0 Å². The van der Waals surface area contributed by atoms with E-state index < -0.39 is 23.5 Å². The van der Waals surface area contributed by atoms with Gasteiger partial charge in [-0.15, -0.1) is 13.2 Å². The van der Waals surface area contributed by atoms with E-state index in [9.17, 15) is 19.8 Å². The van der Waals surface area contributed by atoms with E-state index in [2.05, 4.69) is 13.2 Å². The molecule has 0 unspecified atom stereocenters. The molecule has 0 atom stereocenters. The molecule has 0 amide bonds. The van der Waals surface area contributed by atoms with Gasteiger partial charge in [0.05, 0.1) is 0 Å². The predicted octanol–water partition coefficient (Wildman–Crippen LogP) is -2.83. The van der Waals surface area contributed by atoms with Crippen LogP contribution in [-0.4, -0.2) is 81.7 Å². The van der Waals surface area contributed by atoms with Crippen LogP contribution < -0.4 is 10.2 Å². The Bertz CT molecular complexity index is 343. The second-order valence-electron chi connectivity index (χ2n) is 4.57. The molecule has 0 aromatic heterocycles. The number of aliphatic carboxylic acids is 2. The molecule has 0 aliphatic carbocycles. The van der Waals surface area contributed by atoms with Crippen LogP contribution in [0.5, 0.6) is 0 Å². The van der Waals surface area contributed by atoms with Gasteiger partial charge in [-0.1, -0.05) is 12.2 Å². The minimum Gasteiger partial charge on any atom is -0.544 e. The number of aliphatic hydroxyl groups is 4. The zero-order valence-electron chi connectivity index (χ0n) is 12.9. The van der Waals surface area contributed by atoms with Gasteiger partial charge in [0.1, 0.15) is 11.9 Å². The molecule has 23 heavy (non-hydrogen) atoms. The molecule has 0 aliphatic rings. The van der Waals surface area contributed by atoms with Crippen LogP contribution in [0, 0.1) is 0 Å². The van der Waals surface area contributed by atoms with Crippen molar-refractivity contribution in [1.29, 1.82) is 0 Å². The molecule has 0 aliphatic heterocycles. The van der Waals surface area contributed by atoms with Crippen molar-refractivity contribution in [2.24, 2.45) is 0 Å². The summed E-state index contributed by atoms with van der Waals surface area (Å²) < 4.78 is 0. The summed E-state index contributed by atoms with van der Waals surface area (Å²) in [5.74, 6) is -9.10. The van der Waals surface area contributed by atoms with Crippen LogP contribution in [0.3, 0.4) is 0 Å². The van der Waals surface area contributed by atoms with E-state index in [0.29, 0.717) is 25.7 Å². The molecule has 0 saturated heterocycles. The summed E-state index contributed by atoms with van der Waals surface area (Å²) in [5, 5.41) is 54.7. The number of allylic oxidation sites excluding steroid dienone is 2. The van der Waals surface area contributed by atoms with Crippen molar-refractivity contribution in [3.63, 3.8) is 0 Å². The molecule has 128 valence electrons. The summed E-state index contributed by atoms with van der Waals surface area (Å²) in [6, 6.07) is 0. The van der Waals surface area contributed by atoms with Gasteiger partial charge in [-0.05, 0) is 25.7 Å². The Labute approximate surface area is 164 Å². The Kier molecular flexibility index (Phi) is 16.6. The standard InChI is InChI=1S/2C7H12O4.Ca/c2*1-2-3-4-5-7(10,11)6(8)9;/h2*2,10-11H,1,3-5H2,(H,8,9);/q;;+2/p-2. The molecule has 0 spiro atoms. The summed E-state index contributed by atoms with van der Waals surface area (Å²) in [7, 11) is 0. The first-order valence-corrected chi connectivity index (χ1v) is 6.55. The molecule has 0 radical (unpaired) electrons. The van der Waals surface area contributed by atoms with E-state index in [0.717, 1.165) is 0 Å². The topological polar surface area (TPSA) is 161 Å². The second kappa shape index (κ2) is 13.9. The molecule has 0 heterocycles. The molecule has 0 saturated carbocycles. The van der Waals surface area contributed by atoms with Gasteiger partial charge in [0.2, 0.25) is 11.6 Å². The van der Waals surface area contributed by atoms with Crippen LogP contribution in [0.25, 0.3) is 0 Å². The Morgan fingerprint density at radius 3 is 1.26 bits per heavy atom. The maximum atomic E-state index is 9.98. The van der Waals surface area contributed by atoms with Gasteiger partial charge < -0.3 is 40.2 Å². The first-order chi connectivity index (χ1) is 10.0. The third-order valence-corrected chi connectivity index (χ3v) is 2.52. The average Bonchev–Trinajstić information content (AvgIpc) is 2.39. The number of hydrogen-bond acceptors (Lipinski definition) is 8. The van der Waals surface area contributed by atoms with E-state index in [1.165, 1.54) is 0 Å². The first-order valence-electron chi connectivity index (χ1n) is 6.55. The third-order valence-electron chi connectivity index (χ3n) is 2.52. The maximum Gasteiger partial charge on any atom is 2.00 e. The van der Waals surface area contributed by atoms with Crippen LogP contribution in [0.1, 0.15) is 38.5 Å². The van der Waals surface area contributed by atoms with E-state index in [-0.39, 0.29) is 50.6 Å². The van der Waals surface area contributed by atoms with Crippen LogP contribution in [-0.2, 0) is 9.59 Å². The number of hydrogen-bond donors (Lipinski definition) is 4. The minimum absolute atomic E-state index is 0. The fourth-order valence-electron chi connectivity index (χ4n) is 1.19. The summed E-state index contributed by atoms with van der Waals surface area (Å²) in [6.07, 6.45) is 4.51. The molecule has 0 aromatic carbocycles. The van der Waals surface area contributed by atoms with Gasteiger partial charge in [0, 0.05) is 12.8 Å². The third kappa shape index (κ3) is 14.8. The van der Waals surface area contributed by atoms with Crippen molar-refractivity contribution in [3.05, 3.63) is 25.3 Å². The van der Waals surface area contributed by atoms with E-state index in [1.54, 1.807) is 12.2 Å². The molecule has 8 nitrogen and oxygen atoms in total. The minimum atomic E-state index is -2.69. The van der Waals surface area contributed by atoms with Crippen molar-refractivity contribution in [2.45, 2.75) is 50.1 Å². The second-order valence-corrected chi connectivity index (χ2v) is 4.57. The smallest absolute Gasteiger partial charge is 0.544 e. The average molecular weight is 358 g/mol. The molecule has 0 aromatic rings. The van der Waals surface area contributed by atoms with Gasteiger partial charge in [-0.25, -0.2) is 0 Å². The summed E-state index contributed by atoms with van der Waals surface area (Å²) in [6.45, 7) is 6.80. The molecule has 0 bridgehead atoms. The van der Waals surface area contributed by atoms with Crippen LogP contribution >= 0.6 is 0 Å². The predicted molar refractivity (Wildman–Crippen MR) is 78.2 cm³/mol. The summed E-state index contributed by atoms with van der Waals surface area (Å²) in [4.78, 5) is 20.0. The fourth-order valence-corrected chi connectivity index (χ4v) is 1.19. The van der Waals surface area contributed by atoms with Crippen LogP contribution in [0.2, 0.25) is 0 Å². The van der Waals surface area contributed by atoms with Crippen molar-refractivity contribution in [1.82, 2.24) is 0 Å². The van der Waals surface area contributed by atoms with E-state index in [1.807, 2.05) is 0 Å². The van der Waals surface area contributed by atoms with Crippen LogP contribution in [0.4, 0.5) is 0 Å². The Balaban J connectivity index is -0.000000333. The number of carbonyl (C=O) groups excluding carboxylic acids is 2. The Morgan fingerprint density at radius 2 is 1.09 bits per heavy atom. The summed E-state index contributed by atoms with van der Waals surface area (Å²) >= 11 is 0. The molecular weight excluding hydrogens is 336 g/mol. The number of carboxylic acids is 2. The van der Waals surface area contributed by atoms with Gasteiger partial charge in [-0.2, -0.15) is 0 Å². The Hall–Kier alpha value is -0.480. The van der Waals surface area contributed by atoms with Gasteiger partial charge in [0.25, 0.3) is 0 Å². The van der Waals surface area contributed by atoms with Crippen molar-refractivity contribution in [3.8, 4) is 0 Å². The first kappa shape index (κ1) is 27.4. The SMILES string of the molecule is C=CCCCC(O)(O)C(=O)[O-].C=CCCCC(O)(O)C(=O)[O-].[Ca+2]. The van der Waals surface area contributed by atoms with Gasteiger partial charge in [-0.3, -0.25) is 0 Å². The monoisotopic (exact) mass is 358 g/mol. The molecule has 9 heteroatoms. The van der Waals surface area contributed by atoms with Gasteiger partial charge >= 0.3 is 37.7 Å². The molecule has 4 N–H and O–H groups in total. The summed E-state index contributed by atoms with van der Waals surface area (Å²) in [5.41, 5.74) is 0. The van der Waals surface area contributed by atoms with E-state index in [4.69, 9.17) is 20.4 Å². The largest absolute Gasteiger partial charge is 2.00 e. The maximum absolute atomic E-state index is 9.98. The normalized spacial score (nSPS) is 10.6. The molecule has 0 rings (SSSR count). The Morgan fingerprint density at radius 1 is 0.826 bits per heavy atom. The van der Waals surface area contributed by atoms with Gasteiger partial charge in [0.15, 0.2) is 0 Å². The number of carbonyl (C=O) groups is 2. The van der Waals surface area contributed by atoms with Crippen LogP contribution in [0.15, 0.2) is 25.3 Å². The molecule has 0 fully saturated rings. The zero-order valence-corrected chi connectivity index (χ0v) is 15.1. The number of rotatable bonds is 10. The van der Waals surface area contributed by atoms with Crippen molar-refractivity contribution in [2.75, 3.05) is 0 Å².